The molecule has 5 rings (SSSR count). The summed E-state index contributed by atoms with van der Waals surface area (Å²) >= 11 is 1.62. The van der Waals surface area contributed by atoms with Gasteiger partial charge in [0.05, 0.1) is 5.69 Å². The quantitative estimate of drug-likeness (QED) is 0.196. The van der Waals surface area contributed by atoms with Gasteiger partial charge in [-0.25, -0.2) is 14.5 Å². The smallest absolute Gasteiger partial charge is 0.406 e. The number of nitrogens with zero attached hydrogens (tertiary/aromatic N) is 5. The number of rotatable bonds is 9. The van der Waals surface area contributed by atoms with Crippen molar-refractivity contribution in [3.63, 3.8) is 0 Å². The maximum absolute atomic E-state index is 13.0. The van der Waals surface area contributed by atoms with E-state index >= 15 is 0 Å². The lowest BCUT2D eigenvalue weighted by Crippen LogP contribution is -2.38. The van der Waals surface area contributed by atoms with E-state index in [-0.39, 0.29) is 17.8 Å². The summed E-state index contributed by atoms with van der Waals surface area (Å²) in [5.41, 5.74) is 6.12. The molecular formula is C34H37F3N6O2S. The molecule has 1 atom stereocenters. The number of aryl methyl sites for hydroxylation is 2. The zero-order chi connectivity index (χ0) is 32.8. The molecule has 1 aliphatic heterocycles. The van der Waals surface area contributed by atoms with Crippen molar-refractivity contribution in [2.24, 2.45) is 4.99 Å². The van der Waals surface area contributed by atoms with Crippen LogP contribution in [0, 0.1) is 6.92 Å². The highest BCUT2D eigenvalue weighted by Crippen LogP contribution is 2.34. The molecule has 0 saturated carbocycles. The average molecular weight is 651 g/mol. The van der Waals surface area contributed by atoms with Crippen LogP contribution in [0.1, 0.15) is 56.2 Å². The number of halogens is 3. The molecule has 0 bridgehead atoms. The van der Waals surface area contributed by atoms with E-state index in [4.69, 9.17) is 0 Å². The third-order valence-corrected chi connectivity index (χ3v) is 8.69. The van der Waals surface area contributed by atoms with E-state index in [0.717, 1.165) is 53.5 Å². The molecule has 46 heavy (non-hydrogen) atoms. The molecular weight excluding hydrogens is 613 g/mol. The fraction of sp³-hybridized carbons (Fsp3) is 0.353. The van der Waals surface area contributed by atoms with Crippen LogP contribution in [-0.4, -0.2) is 50.7 Å². The second kappa shape index (κ2) is 14.4. The van der Waals surface area contributed by atoms with Crippen LogP contribution in [0.4, 0.5) is 23.7 Å². The number of carbonyl (C=O) groups is 1. The molecule has 1 aromatic heterocycles. The van der Waals surface area contributed by atoms with Crippen LogP contribution in [0.5, 0.6) is 5.75 Å². The molecule has 1 N–H and O–H groups in total. The van der Waals surface area contributed by atoms with Crippen molar-refractivity contribution in [3.8, 4) is 22.8 Å². The first-order valence-electron chi connectivity index (χ1n) is 15.2. The van der Waals surface area contributed by atoms with Gasteiger partial charge in [0, 0.05) is 29.6 Å². The highest BCUT2D eigenvalue weighted by Gasteiger charge is 2.31. The molecule has 2 heterocycles. The number of alkyl halides is 3. The van der Waals surface area contributed by atoms with Crippen LogP contribution in [0.15, 0.2) is 78.0 Å². The summed E-state index contributed by atoms with van der Waals surface area (Å²) < 4.78 is 42.7. The summed E-state index contributed by atoms with van der Waals surface area (Å²) in [7, 11) is 0. The van der Waals surface area contributed by atoms with E-state index in [1.54, 1.807) is 11.8 Å². The monoisotopic (exact) mass is 650 g/mol. The largest absolute Gasteiger partial charge is 0.573 e. The molecule has 8 nitrogen and oxygen atoms in total. The second-order valence-electron chi connectivity index (χ2n) is 11.6. The molecule has 3 aromatic carbocycles. The Bertz CT molecular complexity index is 1670. The number of ether oxygens (including phenoxy) is 1. The Morgan fingerprint density at radius 3 is 2.50 bits per heavy atom. The van der Waals surface area contributed by atoms with Gasteiger partial charge in [-0.2, -0.15) is 4.99 Å². The maximum atomic E-state index is 13.0. The van der Waals surface area contributed by atoms with E-state index in [9.17, 15) is 18.0 Å². The zero-order valence-electron chi connectivity index (χ0n) is 26.2. The minimum atomic E-state index is -4.74. The molecule has 242 valence electrons. The first-order valence-corrected chi connectivity index (χ1v) is 16.2. The lowest BCUT2D eigenvalue weighted by molar-refractivity contribution is -0.274. The number of thioether (sulfide) groups is 1. The molecule has 1 unspecified atom stereocenters. The SMILES string of the molecule is Cc1cccc(N2CCCS/C2=N\C(=O)NC(C)CCc2ccc(-c3ncn(-c4ccc(OC(F)(F)F)cc4)n3)cc2)c1C(C)C. The summed E-state index contributed by atoms with van der Waals surface area (Å²) in [6.45, 7) is 9.33. The predicted octanol–water partition coefficient (Wildman–Crippen LogP) is 8.29. The van der Waals surface area contributed by atoms with Crippen molar-refractivity contribution in [2.45, 2.75) is 65.3 Å². The number of carbonyl (C=O) groups excluding carboxylic acids is 1. The topological polar surface area (TPSA) is 84.6 Å². The Kier molecular flexibility index (Phi) is 10.4. The van der Waals surface area contributed by atoms with E-state index in [0.29, 0.717) is 17.4 Å². The standard InChI is InChI=1S/C34H37F3N6O2S/c1-22(2)30-23(3)7-5-8-29(30)42-19-6-20-46-33(42)40-32(44)39-24(4)9-10-25-11-13-26(14-12-25)31-38-21-43(41-31)27-15-17-28(18-16-27)45-34(35,36)37/h5,7-8,11-18,21-22,24H,6,9-10,19-20H2,1-4H3,(H,39,44)/b40-33-. The number of nitrogens with one attached hydrogen (secondary N) is 1. The van der Waals surface area contributed by atoms with Crippen molar-refractivity contribution in [1.29, 1.82) is 0 Å². The molecule has 4 aromatic rings. The number of amidine groups is 1. The summed E-state index contributed by atoms with van der Waals surface area (Å²) in [6, 6.07) is 19.2. The van der Waals surface area contributed by atoms with Crippen molar-refractivity contribution >= 4 is 28.6 Å². The first kappa shape index (κ1) is 33.1. The first-order chi connectivity index (χ1) is 22.0. The summed E-state index contributed by atoms with van der Waals surface area (Å²) in [5.74, 6) is 1.48. The Morgan fingerprint density at radius 2 is 1.80 bits per heavy atom. The number of benzene rings is 3. The van der Waals surface area contributed by atoms with Crippen LogP contribution in [0.2, 0.25) is 0 Å². The molecule has 1 fully saturated rings. The maximum Gasteiger partial charge on any atom is 0.573 e. The molecule has 1 saturated heterocycles. The average Bonchev–Trinajstić information content (AvgIpc) is 3.50. The highest BCUT2D eigenvalue weighted by atomic mass is 32.2. The Hall–Kier alpha value is -4.32. The molecule has 1 aliphatic rings. The van der Waals surface area contributed by atoms with Gasteiger partial charge in [-0.15, -0.1) is 18.3 Å². The minimum absolute atomic E-state index is 0.0750. The molecule has 12 heteroatoms. The zero-order valence-corrected chi connectivity index (χ0v) is 27.0. The number of urea groups is 1. The molecule has 0 aliphatic carbocycles. The third-order valence-electron chi connectivity index (χ3n) is 7.63. The van der Waals surface area contributed by atoms with Crippen molar-refractivity contribution in [2.75, 3.05) is 17.2 Å². The number of aliphatic imine (C=N–C) groups is 1. The Balaban J connectivity index is 1.16. The van der Waals surface area contributed by atoms with Gasteiger partial charge in [-0.05, 0) is 86.1 Å². The van der Waals surface area contributed by atoms with E-state index in [1.807, 2.05) is 31.2 Å². The fourth-order valence-electron chi connectivity index (χ4n) is 5.45. The number of hydrogen-bond acceptors (Lipinski definition) is 5. The van der Waals surface area contributed by atoms with Gasteiger partial charge in [0.25, 0.3) is 0 Å². The van der Waals surface area contributed by atoms with E-state index in [1.165, 1.54) is 46.4 Å². The van der Waals surface area contributed by atoms with Gasteiger partial charge in [0.2, 0.25) is 0 Å². The van der Waals surface area contributed by atoms with Crippen LogP contribution in [0.3, 0.4) is 0 Å². The second-order valence-corrected chi connectivity index (χ2v) is 12.6. The normalized spacial score (nSPS) is 15.3. The number of amides is 2. The third kappa shape index (κ3) is 8.48. The Morgan fingerprint density at radius 1 is 1.07 bits per heavy atom. The van der Waals surface area contributed by atoms with Crippen LogP contribution in [0.25, 0.3) is 17.1 Å². The van der Waals surface area contributed by atoms with Crippen LogP contribution < -0.4 is 15.0 Å². The summed E-state index contributed by atoms with van der Waals surface area (Å²) in [5, 5.41) is 8.23. The van der Waals surface area contributed by atoms with Crippen LogP contribution >= 0.6 is 11.8 Å². The Labute approximate surface area is 271 Å². The van der Waals surface area contributed by atoms with E-state index < -0.39 is 6.36 Å². The molecule has 0 spiro atoms. The van der Waals surface area contributed by atoms with Crippen molar-refractivity contribution < 1.29 is 22.7 Å². The van der Waals surface area contributed by atoms with Crippen LogP contribution in [-0.2, 0) is 6.42 Å². The summed E-state index contributed by atoms with van der Waals surface area (Å²) in [6.07, 6.45) is -0.712. The fourth-order valence-corrected chi connectivity index (χ4v) is 6.40. The molecule has 0 radical (unpaired) electrons. The highest BCUT2D eigenvalue weighted by molar-refractivity contribution is 8.14. The van der Waals surface area contributed by atoms with E-state index in [2.05, 4.69) is 69.0 Å². The summed E-state index contributed by atoms with van der Waals surface area (Å²) in [4.78, 5) is 24.0. The van der Waals surface area contributed by atoms with Gasteiger partial charge in [0.15, 0.2) is 11.0 Å². The number of hydrogen-bond donors (Lipinski definition) is 1. The minimum Gasteiger partial charge on any atom is -0.406 e. The van der Waals surface area contributed by atoms with Gasteiger partial charge in [-0.3, -0.25) is 0 Å². The van der Waals surface area contributed by atoms with Gasteiger partial charge < -0.3 is 15.0 Å². The number of aromatic nitrogens is 3. The van der Waals surface area contributed by atoms with Gasteiger partial charge >= 0.3 is 12.4 Å². The lowest BCUT2D eigenvalue weighted by atomic mass is 9.95. The lowest BCUT2D eigenvalue weighted by Gasteiger charge is -2.32. The van der Waals surface area contributed by atoms with Crippen molar-refractivity contribution in [1.82, 2.24) is 20.1 Å². The predicted molar refractivity (Wildman–Crippen MR) is 177 cm³/mol. The van der Waals surface area contributed by atoms with Crippen molar-refractivity contribution in [3.05, 3.63) is 89.7 Å². The van der Waals surface area contributed by atoms with Gasteiger partial charge in [0.1, 0.15) is 12.1 Å². The number of anilines is 1. The molecule has 2 amide bonds. The van der Waals surface area contributed by atoms with Gasteiger partial charge in [-0.1, -0.05) is 62.0 Å².